The van der Waals surface area contributed by atoms with Crippen molar-refractivity contribution in [1.82, 2.24) is 9.97 Å². The minimum Gasteiger partial charge on any atom is -0.466 e. The van der Waals surface area contributed by atoms with Gasteiger partial charge in [0.05, 0.1) is 11.3 Å². The van der Waals surface area contributed by atoms with E-state index in [0.717, 1.165) is 16.9 Å². The standard InChI is InChI=1S/C16H16N4O3S/c1-7-8(2)23-9(3)13(7)15(22)20-16-19-12(6-24-16)10-4-11(14(17)21)18-5-10/h4-6,18H,1-3H3,(H2,17,21)(H,19,20,22). The lowest BCUT2D eigenvalue weighted by atomic mass is 10.1. The maximum Gasteiger partial charge on any atom is 0.265 e. The van der Waals surface area contributed by atoms with Crippen LogP contribution < -0.4 is 11.1 Å². The molecule has 0 radical (unpaired) electrons. The third kappa shape index (κ3) is 2.83. The number of hydrogen-bond acceptors (Lipinski definition) is 5. The second-order valence-electron chi connectivity index (χ2n) is 5.37. The van der Waals surface area contributed by atoms with Crippen LogP contribution in [0.4, 0.5) is 5.13 Å². The predicted octanol–water partition coefficient (Wildman–Crippen LogP) is 3.01. The number of nitrogens with zero attached hydrogens (tertiary/aromatic N) is 1. The van der Waals surface area contributed by atoms with Crippen molar-refractivity contribution in [3.63, 3.8) is 0 Å². The first-order valence-corrected chi connectivity index (χ1v) is 8.07. The number of aryl methyl sites for hydroxylation is 2. The highest BCUT2D eigenvalue weighted by Crippen LogP contribution is 2.27. The average molecular weight is 344 g/mol. The molecule has 124 valence electrons. The SMILES string of the molecule is Cc1oc(C)c(C(=O)Nc2nc(-c3c[nH]c(C(N)=O)c3)cs2)c1C. The van der Waals surface area contributed by atoms with Gasteiger partial charge in [0.25, 0.3) is 11.8 Å². The van der Waals surface area contributed by atoms with Crippen molar-refractivity contribution in [2.45, 2.75) is 20.8 Å². The number of nitrogens with two attached hydrogens (primary N) is 1. The summed E-state index contributed by atoms with van der Waals surface area (Å²) in [4.78, 5) is 30.7. The van der Waals surface area contributed by atoms with Crippen LogP contribution in [0, 0.1) is 20.8 Å². The fraction of sp³-hybridized carbons (Fsp3) is 0.188. The summed E-state index contributed by atoms with van der Waals surface area (Å²) in [6, 6.07) is 1.62. The van der Waals surface area contributed by atoms with Crippen LogP contribution in [0.25, 0.3) is 11.3 Å². The first-order valence-electron chi connectivity index (χ1n) is 7.19. The molecule has 0 fully saturated rings. The highest BCUT2D eigenvalue weighted by atomic mass is 32.1. The van der Waals surface area contributed by atoms with Crippen LogP contribution >= 0.6 is 11.3 Å². The average Bonchev–Trinajstić information content (AvgIpc) is 3.19. The molecule has 3 heterocycles. The number of anilines is 1. The van der Waals surface area contributed by atoms with Gasteiger partial charge in [-0.25, -0.2) is 4.98 Å². The number of carbonyl (C=O) groups excluding carboxylic acids is 2. The Bertz CT molecular complexity index is 935. The molecule has 0 aliphatic heterocycles. The van der Waals surface area contributed by atoms with Crippen LogP contribution in [0.15, 0.2) is 22.1 Å². The molecule has 0 bridgehead atoms. The van der Waals surface area contributed by atoms with E-state index in [4.69, 9.17) is 10.2 Å². The Morgan fingerprint density at radius 1 is 1.29 bits per heavy atom. The number of hydrogen-bond donors (Lipinski definition) is 3. The first-order chi connectivity index (χ1) is 11.4. The fourth-order valence-electron chi connectivity index (χ4n) is 2.44. The number of nitrogens with one attached hydrogen (secondary N) is 2. The summed E-state index contributed by atoms with van der Waals surface area (Å²) in [6.07, 6.45) is 1.65. The van der Waals surface area contributed by atoms with Gasteiger partial charge in [0.15, 0.2) is 5.13 Å². The van der Waals surface area contributed by atoms with Gasteiger partial charge in [-0.1, -0.05) is 0 Å². The smallest absolute Gasteiger partial charge is 0.265 e. The largest absolute Gasteiger partial charge is 0.466 e. The Balaban J connectivity index is 1.80. The van der Waals surface area contributed by atoms with Crippen molar-refractivity contribution in [3.8, 4) is 11.3 Å². The van der Waals surface area contributed by atoms with Gasteiger partial charge in [-0.15, -0.1) is 11.3 Å². The van der Waals surface area contributed by atoms with Gasteiger partial charge in [-0.05, 0) is 26.8 Å². The summed E-state index contributed by atoms with van der Waals surface area (Å²) in [6.45, 7) is 5.43. The zero-order chi connectivity index (χ0) is 17.4. The van der Waals surface area contributed by atoms with E-state index in [1.54, 1.807) is 24.6 Å². The van der Waals surface area contributed by atoms with Gasteiger partial charge in [0, 0.05) is 22.7 Å². The quantitative estimate of drug-likeness (QED) is 0.675. The number of thiazole rings is 1. The van der Waals surface area contributed by atoms with Crippen LogP contribution in [-0.2, 0) is 0 Å². The number of primary amides is 1. The van der Waals surface area contributed by atoms with E-state index in [1.165, 1.54) is 11.3 Å². The Kier molecular flexibility index (Phi) is 3.98. The van der Waals surface area contributed by atoms with Crippen LogP contribution in [0.1, 0.15) is 37.9 Å². The summed E-state index contributed by atoms with van der Waals surface area (Å²) in [5.41, 5.74) is 8.25. The van der Waals surface area contributed by atoms with E-state index >= 15 is 0 Å². The molecule has 0 spiro atoms. The van der Waals surface area contributed by atoms with Gasteiger partial charge in [0.1, 0.15) is 17.2 Å². The van der Waals surface area contributed by atoms with Gasteiger partial charge in [-0.3, -0.25) is 14.9 Å². The Hall–Kier alpha value is -2.87. The summed E-state index contributed by atoms with van der Waals surface area (Å²) >= 11 is 1.30. The Morgan fingerprint density at radius 2 is 2.04 bits per heavy atom. The first kappa shape index (κ1) is 16.0. The van der Waals surface area contributed by atoms with Crippen molar-refractivity contribution in [3.05, 3.63) is 46.0 Å². The lowest BCUT2D eigenvalue weighted by molar-refractivity contribution is 0.0993. The van der Waals surface area contributed by atoms with Crippen molar-refractivity contribution >= 4 is 28.3 Å². The van der Waals surface area contributed by atoms with Gasteiger partial charge >= 0.3 is 0 Å². The van der Waals surface area contributed by atoms with Crippen molar-refractivity contribution < 1.29 is 14.0 Å². The molecular formula is C16H16N4O3S. The van der Waals surface area contributed by atoms with Gasteiger partial charge in [0.2, 0.25) is 0 Å². The van der Waals surface area contributed by atoms with Crippen molar-refractivity contribution in [1.29, 1.82) is 0 Å². The molecular weight excluding hydrogens is 328 g/mol. The van der Waals surface area contributed by atoms with Gasteiger partial charge in [-0.2, -0.15) is 0 Å². The lowest BCUT2D eigenvalue weighted by Crippen LogP contribution is -2.13. The second-order valence-corrected chi connectivity index (χ2v) is 6.23. The molecule has 7 nitrogen and oxygen atoms in total. The molecule has 24 heavy (non-hydrogen) atoms. The number of carbonyl (C=O) groups is 2. The van der Waals surface area contributed by atoms with E-state index in [2.05, 4.69) is 15.3 Å². The second kappa shape index (κ2) is 5.97. The highest BCUT2D eigenvalue weighted by Gasteiger charge is 2.20. The molecule has 8 heteroatoms. The number of aromatic amines is 1. The lowest BCUT2D eigenvalue weighted by Gasteiger charge is -2.01. The summed E-state index contributed by atoms with van der Waals surface area (Å²) in [5, 5.41) is 5.04. The van der Waals surface area contributed by atoms with Crippen molar-refractivity contribution in [2.24, 2.45) is 5.73 Å². The number of rotatable bonds is 4. The molecule has 0 aliphatic rings. The minimum absolute atomic E-state index is 0.255. The maximum absolute atomic E-state index is 12.4. The third-order valence-electron chi connectivity index (χ3n) is 3.76. The Labute approximate surface area is 141 Å². The number of amides is 2. The van der Waals surface area contributed by atoms with Gasteiger partial charge < -0.3 is 15.1 Å². The molecule has 2 amide bonds. The molecule has 0 unspecified atom stereocenters. The molecule has 4 N–H and O–H groups in total. The topological polar surface area (TPSA) is 114 Å². The zero-order valence-electron chi connectivity index (χ0n) is 13.4. The predicted molar refractivity (Wildman–Crippen MR) is 91.3 cm³/mol. The molecule has 0 saturated carbocycles. The highest BCUT2D eigenvalue weighted by molar-refractivity contribution is 7.14. The van der Waals surface area contributed by atoms with Crippen LogP contribution in [0.2, 0.25) is 0 Å². The third-order valence-corrected chi connectivity index (χ3v) is 4.52. The maximum atomic E-state index is 12.4. The molecule has 3 aromatic heterocycles. The normalized spacial score (nSPS) is 10.8. The minimum atomic E-state index is -0.536. The summed E-state index contributed by atoms with van der Waals surface area (Å²) in [5.74, 6) is 0.515. The van der Waals surface area contributed by atoms with E-state index in [1.807, 2.05) is 13.8 Å². The monoisotopic (exact) mass is 344 g/mol. The van der Waals surface area contributed by atoms with E-state index in [0.29, 0.717) is 27.8 Å². The molecule has 0 aliphatic carbocycles. The van der Waals surface area contributed by atoms with E-state index < -0.39 is 5.91 Å². The van der Waals surface area contributed by atoms with Crippen LogP contribution in [0.3, 0.4) is 0 Å². The number of aromatic nitrogens is 2. The molecule has 3 aromatic rings. The molecule has 0 aromatic carbocycles. The summed E-state index contributed by atoms with van der Waals surface area (Å²) in [7, 11) is 0. The molecule has 3 rings (SSSR count). The molecule has 0 atom stereocenters. The number of H-pyrrole nitrogens is 1. The van der Waals surface area contributed by atoms with E-state index in [-0.39, 0.29) is 5.91 Å². The summed E-state index contributed by atoms with van der Waals surface area (Å²) < 4.78 is 5.48. The van der Waals surface area contributed by atoms with Crippen LogP contribution in [0.5, 0.6) is 0 Å². The fourth-order valence-corrected chi connectivity index (χ4v) is 3.15. The van der Waals surface area contributed by atoms with E-state index in [9.17, 15) is 9.59 Å². The number of furan rings is 1. The Morgan fingerprint density at radius 3 is 2.62 bits per heavy atom. The van der Waals surface area contributed by atoms with Crippen LogP contribution in [-0.4, -0.2) is 21.8 Å². The molecule has 0 saturated heterocycles. The zero-order valence-corrected chi connectivity index (χ0v) is 14.2. The van der Waals surface area contributed by atoms with Crippen molar-refractivity contribution in [2.75, 3.05) is 5.32 Å².